The summed E-state index contributed by atoms with van der Waals surface area (Å²) in [6.07, 6.45) is 5.35. The molecule has 3 aliphatic rings. The first-order valence-electron chi connectivity index (χ1n) is 6.81. The Balaban J connectivity index is 2.05. The molecule has 2 nitrogen and oxygen atoms in total. The molecule has 1 N–H and O–H groups in total. The van der Waals surface area contributed by atoms with Crippen LogP contribution in [-0.2, 0) is 4.79 Å². The highest BCUT2D eigenvalue weighted by Gasteiger charge is 2.63. The molecule has 1 unspecified atom stereocenters. The van der Waals surface area contributed by atoms with Crippen LogP contribution in [0.25, 0.3) is 0 Å². The third-order valence-corrected chi connectivity index (χ3v) is 6.28. The predicted molar refractivity (Wildman–Crippen MR) is 66.5 cm³/mol. The Morgan fingerprint density at radius 2 is 2.06 bits per heavy atom. The normalized spacial score (nSPS) is 46.9. The number of rotatable bonds is 1. The van der Waals surface area contributed by atoms with E-state index in [1.807, 2.05) is 0 Å². The van der Waals surface area contributed by atoms with E-state index >= 15 is 0 Å². The molecule has 0 aliphatic heterocycles. The zero-order valence-corrected chi connectivity index (χ0v) is 10.8. The molecule has 94 valence electrons. The van der Waals surface area contributed by atoms with Crippen molar-refractivity contribution in [2.75, 3.05) is 0 Å². The number of fused-ring (bicyclic) bond motifs is 1. The lowest BCUT2D eigenvalue weighted by atomic mass is 9.56. The fourth-order valence-corrected chi connectivity index (χ4v) is 5.11. The van der Waals surface area contributed by atoms with E-state index in [0.29, 0.717) is 11.8 Å². The van der Waals surface area contributed by atoms with Crippen LogP contribution in [0.3, 0.4) is 0 Å². The van der Waals surface area contributed by atoms with Gasteiger partial charge in [0.05, 0.1) is 5.92 Å². The Hall–Kier alpha value is -0.790. The third kappa shape index (κ3) is 1.19. The van der Waals surface area contributed by atoms with Gasteiger partial charge in [0.2, 0.25) is 0 Å². The average Bonchev–Trinajstić information content (AvgIpc) is 2.81. The summed E-state index contributed by atoms with van der Waals surface area (Å²) in [5, 5.41) is 9.45. The summed E-state index contributed by atoms with van der Waals surface area (Å²) >= 11 is 0. The smallest absolute Gasteiger partial charge is 0.307 e. The van der Waals surface area contributed by atoms with E-state index in [0.717, 1.165) is 25.7 Å². The summed E-state index contributed by atoms with van der Waals surface area (Å²) in [5.74, 6) is 0.453. The minimum atomic E-state index is -0.569. The van der Waals surface area contributed by atoms with E-state index in [9.17, 15) is 9.90 Å². The fraction of sp³-hybridized carbons (Fsp3) is 0.800. The van der Waals surface area contributed by atoms with Crippen LogP contribution >= 0.6 is 0 Å². The molecule has 0 aromatic carbocycles. The number of hydrogen-bond donors (Lipinski definition) is 1. The van der Waals surface area contributed by atoms with Gasteiger partial charge in [0, 0.05) is 0 Å². The fourth-order valence-electron chi connectivity index (χ4n) is 5.11. The summed E-state index contributed by atoms with van der Waals surface area (Å²) in [6, 6.07) is 0. The van der Waals surface area contributed by atoms with Gasteiger partial charge in [-0.05, 0) is 54.8 Å². The molecule has 3 fully saturated rings. The SMILES string of the molecule is C=C1[C@H]2CCC(C(=O)O)[C@@]23CC[C@H](C3)C1(C)C. The molecule has 2 heteroatoms. The van der Waals surface area contributed by atoms with E-state index in [4.69, 9.17) is 0 Å². The van der Waals surface area contributed by atoms with Gasteiger partial charge in [0.15, 0.2) is 0 Å². The van der Waals surface area contributed by atoms with E-state index in [1.54, 1.807) is 0 Å². The first-order chi connectivity index (χ1) is 7.89. The molecule has 1 spiro atoms. The van der Waals surface area contributed by atoms with E-state index in [-0.39, 0.29) is 16.7 Å². The molecule has 0 radical (unpaired) electrons. The number of carboxylic acids is 1. The van der Waals surface area contributed by atoms with Crippen molar-refractivity contribution in [1.82, 2.24) is 0 Å². The quantitative estimate of drug-likeness (QED) is 0.705. The van der Waals surface area contributed by atoms with Crippen molar-refractivity contribution in [3.05, 3.63) is 12.2 Å². The van der Waals surface area contributed by atoms with Gasteiger partial charge in [0.1, 0.15) is 0 Å². The highest BCUT2D eigenvalue weighted by atomic mass is 16.4. The van der Waals surface area contributed by atoms with Crippen LogP contribution in [0.15, 0.2) is 12.2 Å². The molecule has 3 aliphatic carbocycles. The molecule has 0 saturated heterocycles. The van der Waals surface area contributed by atoms with Crippen LogP contribution in [0.5, 0.6) is 0 Å². The van der Waals surface area contributed by atoms with Crippen LogP contribution in [0.4, 0.5) is 0 Å². The van der Waals surface area contributed by atoms with Crippen molar-refractivity contribution in [2.45, 2.75) is 46.0 Å². The zero-order chi connectivity index (χ0) is 12.4. The van der Waals surface area contributed by atoms with Crippen molar-refractivity contribution in [2.24, 2.45) is 28.6 Å². The summed E-state index contributed by atoms with van der Waals surface area (Å²) in [4.78, 5) is 11.5. The van der Waals surface area contributed by atoms with Crippen molar-refractivity contribution in [3.63, 3.8) is 0 Å². The summed E-state index contributed by atoms with van der Waals surface area (Å²) in [5.41, 5.74) is 1.64. The van der Waals surface area contributed by atoms with Gasteiger partial charge in [-0.15, -0.1) is 0 Å². The summed E-state index contributed by atoms with van der Waals surface area (Å²) in [6.45, 7) is 8.96. The Morgan fingerprint density at radius 3 is 2.71 bits per heavy atom. The number of aliphatic carboxylic acids is 1. The maximum atomic E-state index is 11.5. The molecule has 0 aromatic heterocycles. The molecule has 0 aromatic rings. The van der Waals surface area contributed by atoms with Crippen LogP contribution in [0.1, 0.15) is 46.0 Å². The Labute approximate surface area is 103 Å². The first-order valence-corrected chi connectivity index (χ1v) is 6.81. The van der Waals surface area contributed by atoms with Crippen LogP contribution in [-0.4, -0.2) is 11.1 Å². The van der Waals surface area contributed by atoms with Gasteiger partial charge < -0.3 is 5.11 Å². The summed E-state index contributed by atoms with van der Waals surface area (Å²) < 4.78 is 0. The topological polar surface area (TPSA) is 37.3 Å². The van der Waals surface area contributed by atoms with Gasteiger partial charge in [0.25, 0.3) is 0 Å². The molecular formula is C15H22O2. The van der Waals surface area contributed by atoms with Gasteiger partial charge in [-0.3, -0.25) is 4.79 Å². The molecule has 2 bridgehead atoms. The summed E-state index contributed by atoms with van der Waals surface area (Å²) in [7, 11) is 0. The standard InChI is InChI=1S/C15H22O2/c1-9-11-4-5-12(13(16)17)15(11)7-6-10(8-15)14(9,2)3/h10-12H,1,4-8H2,2-3H3,(H,16,17)/t10-,11-,12?,15-/m1/s1. The number of carboxylic acid groups (broad SMARTS) is 1. The van der Waals surface area contributed by atoms with E-state index in [2.05, 4.69) is 20.4 Å². The molecule has 3 saturated carbocycles. The first kappa shape index (κ1) is 11.3. The maximum Gasteiger partial charge on any atom is 0.307 e. The van der Waals surface area contributed by atoms with Crippen LogP contribution in [0, 0.1) is 28.6 Å². The van der Waals surface area contributed by atoms with Gasteiger partial charge in [-0.2, -0.15) is 0 Å². The lowest BCUT2D eigenvalue weighted by Crippen LogP contribution is -2.42. The number of allylic oxidation sites excluding steroid dienone is 1. The zero-order valence-electron chi connectivity index (χ0n) is 10.8. The van der Waals surface area contributed by atoms with E-state index < -0.39 is 5.97 Å². The Morgan fingerprint density at radius 1 is 1.35 bits per heavy atom. The Kier molecular flexibility index (Phi) is 2.10. The molecular weight excluding hydrogens is 212 g/mol. The van der Waals surface area contributed by atoms with Crippen molar-refractivity contribution in [3.8, 4) is 0 Å². The van der Waals surface area contributed by atoms with Crippen molar-refractivity contribution >= 4 is 5.97 Å². The van der Waals surface area contributed by atoms with Gasteiger partial charge >= 0.3 is 5.97 Å². The van der Waals surface area contributed by atoms with Gasteiger partial charge in [-0.1, -0.05) is 26.0 Å². The second kappa shape index (κ2) is 3.15. The van der Waals surface area contributed by atoms with Gasteiger partial charge in [-0.25, -0.2) is 0 Å². The molecule has 3 rings (SSSR count). The van der Waals surface area contributed by atoms with Crippen LogP contribution < -0.4 is 0 Å². The second-order valence-corrected chi connectivity index (χ2v) is 6.94. The predicted octanol–water partition coefficient (Wildman–Crippen LogP) is 3.48. The highest BCUT2D eigenvalue weighted by molar-refractivity contribution is 5.72. The Bertz CT molecular complexity index is 396. The third-order valence-electron chi connectivity index (χ3n) is 6.28. The highest BCUT2D eigenvalue weighted by Crippen LogP contribution is 2.70. The lowest BCUT2D eigenvalue weighted by Gasteiger charge is -2.48. The van der Waals surface area contributed by atoms with Crippen molar-refractivity contribution < 1.29 is 9.90 Å². The molecule has 0 heterocycles. The molecule has 17 heavy (non-hydrogen) atoms. The largest absolute Gasteiger partial charge is 0.481 e. The second-order valence-electron chi connectivity index (χ2n) is 6.94. The van der Waals surface area contributed by atoms with Crippen LogP contribution in [0.2, 0.25) is 0 Å². The monoisotopic (exact) mass is 234 g/mol. The number of carbonyl (C=O) groups is 1. The molecule has 0 amide bonds. The minimum Gasteiger partial charge on any atom is -0.481 e. The van der Waals surface area contributed by atoms with Crippen molar-refractivity contribution in [1.29, 1.82) is 0 Å². The van der Waals surface area contributed by atoms with E-state index in [1.165, 1.54) is 12.0 Å². The maximum absolute atomic E-state index is 11.5. The number of hydrogen-bond acceptors (Lipinski definition) is 1. The minimum absolute atomic E-state index is 0.0725. The average molecular weight is 234 g/mol. The molecule has 4 atom stereocenters. The lowest BCUT2D eigenvalue weighted by molar-refractivity contribution is -0.146.